The molecule has 1 unspecified atom stereocenters. The van der Waals surface area contributed by atoms with E-state index in [-0.39, 0.29) is 6.04 Å². The van der Waals surface area contributed by atoms with E-state index in [2.05, 4.69) is 35.8 Å². The summed E-state index contributed by atoms with van der Waals surface area (Å²) < 4.78 is 0. The third kappa shape index (κ3) is 3.80. The summed E-state index contributed by atoms with van der Waals surface area (Å²) in [4.78, 5) is 0. The van der Waals surface area contributed by atoms with Crippen LogP contribution in [0.15, 0.2) is 48.5 Å². The molecule has 0 aromatic heterocycles. The molecule has 19 heavy (non-hydrogen) atoms. The number of nitrogens with one attached hydrogen (secondary N) is 1. The van der Waals surface area contributed by atoms with Crippen molar-refractivity contribution in [3.05, 3.63) is 70.2 Å². The van der Waals surface area contributed by atoms with Crippen molar-refractivity contribution < 1.29 is 0 Å². The summed E-state index contributed by atoms with van der Waals surface area (Å²) >= 11 is 6.16. The molecular weight excluding hydrogens is 256 g/mol. The van der Waals surface area contributed by atoms with Crippen LogP contribution in [-0.4, -0.2) is 0 Å². The standard InChI is InChI=1S/C16H19ClN2/c1-12-7-9-14(11-15(12)17)16(19-18)10-8-13-5-3-2-4-6-13/h2-7,9,11,16,19H,8,10,18H2,1H3. The van der Waals surface area contributed by atoms with Crippen LogP contribution in [0, 0.1) is 6.92 Å². The highest BCUT2D eigenvalue weighted by molar-refractivity contribution is 6.31. The van der Waals surface area contributed by atoms with E-state index in [9.17, 15) is 0 Å². The number of hydrogen-bond acceptors (Lipinski definition) is 2. The molecule has 2 aromatic rings. The smallest absolute Gasteiger partial charge is 0.0463 e. The van der Waals surface area contributed by atoms with Gasteiger partial charge in [-0.1, -0.05) is 54.1 Å². The van der Waals surface area contributed by atoms with Crippen molar-refractivity contribution in [3.8, 4) is 0 Å². The molecule has 100 valence electrons. The number of aryl methyl sites for hydroxylation is 2. The van der Waals surface area contributed by atoms with Crippen LogP contribution in [0.5, 0.6) is 0 Å². The molecule has 3 heteroatoms. The van der Waals surface area contributed by atoms with E-state index in [4.69, 9.17) is 17.4 Å². The molecule has 1 atom stereocenters. The molecule has 0 aliphatic heterocycles. The number of halogens is 1. The maximum absolute atomic E-state index is 6.16. The van der Waals surface area contributed by atoms with Crippen molar-refractivity contribution in [3.63, 3.8) is 0 Å². The molecule has 0 fully saturated rings. The predicted octanol–water partition coefficient (Wildman–Crippen LogP) is 3.79. The van der Waals surface area contributed by atoms with Crippen molar-refractivity contribution >= 4 is 11.6 Å². The monoisotopic (exact) mass is 274 g/mol. The number of rotatable bonds is 5. The van der Waals surface area contributed by atoms with E-state index in [1.807, 2.05) is 25.1 Å². The highest BCUT2D eigenvalue weighted by Gasteiger charge is 2.10. The van der Waals surface area contributed by atoms with Crippen LogP contribution in [0.25, 0.3) is 0 Å². The van der Waals surface area contributed by atoms with Crippen molar-refractivity contribution in [1.82, 2.24) is 5.43 Å². The Morgan fingerprint density at radius 2 is 1.89 bits per heavy atom. The molecular formula is C16H19ClN2. The van der Waals surface area contributed by atoms with Gasteiger partial charge in [-0.05, 0) is 42.5 Å². The zero-order valence-corrected chi connectivity index (χ0v) is 11.8. The van der Waals surface area contributed by atoms with Crippen LogP contribution < -0.4 is 11.3 Å². The first-order valence-electron chi connectivity index (χ1n) is 6.47. The largest absolute Gasteiger partial charge is 0.271 e. The Morgan fingerprint density at radius 1 is 1.16 bits per heavy atom. The fourth-order valence-electron chi connectivity index (χ4n) is 2.13. The molecule has 2 aromatic carbocycles. The molecule has 0 heterocycles. The van der Waals surface area contributed by atoms with Crippen molar-refractivity contribution in [2.45, 2.75) is 25.8 Å². The summed E-state index contributed by atoms with van der Waals surface area (Å²) in [6.07, 6.45) is 1.93. The summed E-state index contributed by atoms with van der Waals surface area (Å²) in [5.41, 5.74) is 6.42. The van der Waals surface area contributed by atoms with Crippen LogP contribution in [0.1, 0.15) is 29.2 Å². The van der Waals surface area contributed by atoms with E-state index in [0.717, 1.165) is 29.0 Å². The van der Waals surface area contributed by atoms with E-state index in [0.29, 0.717) is 0 Å². The molecule has 0 saturated carbocycles. The fraction of sp³-hybridized carbons (Fsp3) is 0.250. The lowest BCUT2D eigenvalue weighted by Gasteiger charge is -2.17. The molecule has 0 radical (unpaired) electrons. The quantitative estimate of drug-likeness (QED) is 0.643. The topological polar surface area (TPSA) is 38.0 Å². The Balaban J connectivity index is 2.05. The van der Waals surface area contributed by atoms with Crippen LogP contribution in [0.4, 0.5) is 0 Å². The first kappa shape index (κ1) is 14.1. The van der Waals surface area contributed by atoms with Crippen molar-refractivity contribution in [2.24, 2.45) is 5.84 Å². The van der Waals surface area contributed by atoms with Gasteiger partial charge >= 0.3 is 0 Å². The molecule has 0 bridgehead atoms. The van der Waals surface area contributed by atoms with Crippen LogP contribution >= 0.6 is 11.6 Å². The second-order valence-corrected chi connectivity index (χ2v) is 5.16. The van der Waals surface area contributed by atoms with E-state index in [1.165, 1.54) is 5.56 Å². The average Bonchev–Trinajstić information content (AvgIpc) is 2.44. The average molecular weight is 275 g/mol. The van der Waals surface area contributed by atoms with Gasteiger partial charge in [0.1, 0.15) is 0 Å². The Kier molecular flexibility index (Phi) is 4.97. The zero-order valence-electron chi connectivity index (χ0n) is 11.1. The van der Waals surface area contributed by atoms with Crippen LogP contribution in [0.2, 0.25) is 5.02 Å². The van der Waals surface area contributed by atoms with Gasteiger partial charge in [0.05, 0.1) is 0 Å². The Hall–Kier alpha value is -1.35. The van der Waals surface area contributed by atoms with Gasteiger partial charge in [0.2, 0.25) is 0 Å². The molecule has 0 aliphatic carbocycles. The molecule has 3 N–H and O–H groups in total. The molecule has 2 nitrogen and oxygen atoms in total. The second-order valence-electron chi connectivity index (χ2n) is 4.75. The highest BCUT2D eigenvalue weighted by atomic mass is 35.5. The van der Waals surface area contributed by atoms with Gasteiger partial charge in [-0.2, -0.15) is 0 Å². The lowest BCUT2D eigenvalue weighted by atomic mass is 9.99. The van der Waals surface area contributed by atoms with Gasteiger partial charge in [0.15, 0.2) is 0 Å². The molecule has 0 aliphatic rings. The molecule has 0 saturated heterocycles. The van der Waals surface area contributed by atoms with Crippen LogP contribution in [-0.2, 0) is 6.42 Å². The zero-order chi connectivity index (χ0) is 13.7. The lowest BCUT2D eigenvalue weighted by Crippen LogP contribution is -2.28. The van der Waals surface area contributed by atoms with Gasteiger partial charge in [0, 0.05) is 11.1 Å². The highest BCUT2D eigenvalue weighted by Crippen LogP contribution is 2.24. The minimum atomic E-state index is 0.123. The van der Waals surface area contributed by atoms with Crippen molar-refractivity contribution in [2.75, 3.05) is 0 Å². The maximum atomic E-state index is 6.16. The fourth-order valence-corrected chi connectivity index (χ4v) is 2.32. The molecule has 2 rings (SSSR count). The Morgan fingerprint density at radius 3 is 2.53 bits per heavy atom. The summed E-state index contributed by atoms with van der Waals surface area (Å²) in [6.45, 7) is 2.00. The minimum absolute atomic E-state index is 0.123. The first-order valence-corrected chi connectivity index (χ1v) is 6.84. The Bertz CT molecular complexity index is 526. The van der Waals surface area contributed by atoms with E-state index < -0.39 is 0 Å². The van der Waals surface area contributed by atoms with Gasteiger partial charge in [-0.15, -0.1) is 0 Å². The SMILES string of the molecule is Cc1ccc(C(CCc2ccccc2)NN)cc1Cl. The number of nitrogens with two attached hydrogens (primary N) is 1. The van der Waals surface area contributed by atoms with Gasteiger partial charge in [-0.3, -0.25) is 11.3 Å². The number of hydrogen-bond donors (Lipinski definition) is 2. The van der Waals surface area contributed by atoms with E-state index >= 15 is 0 Å². The summed E-state index contributed by atoms with van der Waals surface area (Å²) in [5, 5.41) is 0.789. The predicted molar refractivity (Wildman–Crippen MR) is 81.0 cm³/mol. The van der Waals surface area contributed by atoms with Gasteiger partial charge in [0.25, 0.3) is 0 Å². The molecule has 0 amide bonds. The normalized spacial score (nSPS) is 12.4. The van der Waals surface area contributed by atoms with Gasteiger partial charge < -0.3 is 0 Å². The first-order chi connectivity index (χ1) is 9.20. The summed E-state index contributed by atoms with van der Waals surface area (Å²) in [7, 11) is 0. The molecule has 0 spiro atoms. The third-order valence-electron chi connectivity index (χ3n) is 3.36. The van der Waals surface area contributed by atoms with Crippen LogP contribution in [0.3, 0.4) is 0 Å². The summed E-state index contributed by atoms with van der Waals surface area (Å²) in [5.74, 6) is 5.66. The minimum Gasteiger partial charge on any atom is -0.271 e. The summed E-state index contributed by atoms with van der Waals surface area (Å²) in [6, 6.07) is 16.6. The number of benzene rings is 2. The third-order valence-corrected chi connectivity index (χ3v) is 3.77. The maximum Gasteiger partial charge on any atom is 0.0463 e. The van der Waals surface area contributed by atoms with Crippen molar-refractivity contribution in [1.29, 1.82) is 0 Å². The van der Waals surface area contributed by atoms with Gasteiger partial charge in [-0.25, -0.2) is 0 Å². The second kappa shape index (κ2) is 6.71. The lowest BCUT2D eigenvalue weighted by molar-refractivity contribution is 0.516. The van der Waals surface area contributed by atoms with E-state index in [1.54, 1.807) is 0 Å². The Labute approximate surface area is 119 Å². The number of hydrazine groups is 1.